The number of benzene rings is 2. The van der Waals surface area contributed by atoms with E-state index in [2.05, 4.69) is 26.3 Å². The molecule has 0 spiro atoms. The highest BCUT2D eigenvalue weighted by Gasteiger charge is 2.42. The SMILES string of the molecule is COCC(=O)Nc1ccc(N2C(=S)N[C@H](c3ccccn3)[C@@H]2c2cc(C)n(-c3cc(C(=O)O)ccc3C)c2C)cc1Cl. The lowest BCUT2D eigenvalue weighted by molar-refractivity contribution is -0.119. The maximum Gasteiger partial charge on any atom is 0.335 e. The maximum absolute atomic E-state index is 12.1. The number of aromatic nitrogens is 2. The van der Waals surface area contributed by atoms with Crippen LogP contribution in [0, 0.1) is 20.8 Å². The third-order valence-corrected chi connectivity index (χ3v) is 7.99. The van der Waals surface area contributed by atoms with Crippen LogP contribution >= 0.6 is 23.8 Å². The van der Waals surface area contributed by atoms with Crippen LogP contribution in [0.2, 0.25) is 5.02 Å². The molecule has 1 amide bonds. The van der Waals surface area contributed by atoms with Crippen LogP contribution in [-0.2, 0) is 9.53 Å². The van der Waals surface area contributed by atoms with Crippen LogP contribution in [0.15, 0.2) is 66.9 Å². The quantitative estimate of drug-likeness (QED) is 0.213. The van der Waals surface area contributed by atoms with E-state index in [-0.39, 0.29) is 30.2 Å². The minimum Gasteiger partial charge on any atom is -0.478 e. The number of carboxylic acid groups (broad SMARTS) is 1. The Kier molecular flexibility index (Phi) is 8.31. The summed E-state index contributed by atoms with van der Waals surface area (Å²) in [5, 5.41) is 16.7. The number of rotatable bonds is 8. The highest BCUT2D eigenvalue weighted by atomic mass is 35.5. The molecular weight excluding hydrogens is 574 g/mol. The zero-order chi connectivity index (χ0) is 30.1. The first-order valence-electron chi connectivity index (χ1n) is 13.2. The Morgan fingerprint density at radius 3 is 2.57 bits per heavy atom. The number of ether oxygens (including phenoxy) is 1. The lowest BCUT2D eigenvalue weighted by Crippen LogP contribution is -2.29. The van der Waals surface area contributed by atoms with Gasteiger partial charge in [0, 0.05) is 36.1 Å². The van der Waals surface area contributed by atoms with Crippen LogP contribution < -0.4 is 15.5 Å². The maximum atomic E-state index is 12.1. The summed E-state index contributed by atoms with van der Waals surface area (Å²) in [7, 11) is 1.45. The topological polar surface area (TPSA) is 109 Å². The van der Waals surface area contributed by atoms with Crippen molar-refractivity contribution in [3.05, 3.63) is 106 Å². The minimum absolute atomic E-state index is 0.0868. The summed E-state index contributed by atoms with van der Waals surface area (Å²) in [6, 6.07) is 17.7. The number of nitrogens with zero attached hydrogens (tertiary/aromatic N) is 3. The van der Waals surface area contributed by atoms with Crippen molar-refractivity contribution in [2.45, 2.75) is 32.9 Å². The van der Waals surface area contributed by atoms with Crippen molar-refractivity contribution in [3.8, 4) is 5.69 Å². The van der Waals surface area contributed by atoms with Crippen molar-refractivity contribution < 1.29 is 19.4 Å². The molecule has 4 aromatic rings. The van der Waals surface area contributed by atoms with E-state index in [9.17, 15) is 14.7 Å². The number of aryl methyl sites for hydroxylation is 2. The predicted octanol–water partition coefficient (Wildman–Crippen LogP) is 5.91. The number of methoxy groups -OCH3 is 1. The van der Waals surface area contributed by atoms with Crippen LogP contribution in [0.5, 0.6) is 0 Å². The van der Waals surface area contributed by atoms with Gasteiger partial charge >= 0.3 is 5.97 Å². The second kappa shape index (κ2) is 11.9. The Bertz CT molecular complexity index is 1690. The summed E-state index contributed by atoms with van der Waals surface area (Å²) in [5.41, 5.74) is 6.85. The molecule has 2 aromatic heterocycles. The normalized spacial score (nSPS) is 16.4. The van der Waals surface area contributed by atoms with E-state index in [1.165, 1.54) is 7.11 Å². The summed E-state index contributed by atoms with van der Waals surface area (Å²) >= 11 is 12.5. The molecule has 0 unspecified atom stereocenters. The molecule has 1 aliphatic heterocycles. The van der Waals surface area contributed by atoms with Crippen LogP contribution in [0.1, 0.15) is 50.7 Å². The first-order chi connectivity index (χ1) is 20.1. The molecule has 216 valence electrons. The van der Waals surface area contributed by atoms with E-state index in [1.807, 2.05) is 56.0 Å². The molecule has 0 aliphatic carbocycles. The number of carbonyl (C=O) groups is 2. The van der Waals surface area contributed by atoms with E-state index in [4.69, 9.17) is 28.6 Å². The summed E-state index contributed by atoms with van der Waals surface area (Å²) in [4.78, 5) is 30.5. The number of nitrogens with one attached hydrogen (secondary N) is 2. The molecule has 0 saturated carbocycles. The second-order valence-electron chi connectivity index (χ2n) is 10.1. The van der Waals surface area contributed by atoms with Crippen molar-refractivity contribution in [1.82, 2.24) is 14.9 Å². The lowest BCUT2D eigenvalue weighted by atomic mass is 9.96. The number of anilines is 2. The average Bonchev–Trinajstić information content (AvgIpc) is 3.45. The predicted molar refractivity (Wildman–Crippen MR) is 167 cm³/mol. The second-order valence-corrected chi connectivity index (χ2v) is 10.9. The van der Waals surface area contributed by atoms with Crippen molar-refractivity contribution in [2.24, 2.45) is 0 Å². The molecule has 2 atom stereocenters. The fourth-order valence-electron chi connectivity index (χ4n) is 5.46. The van der Waals surface area contributed by atoms with Gasteiger partial charge in [-0.25, -0.2) is 4.79 Å². The molecule has 5 rings (SSSR count). The Morgan fingerprint density at radius 2 is 1.90 bits per heavy atom. The lowest BCUT2D eigenvalue weighted by Gasteiger charge is -2.28. The highest BCUT2D eigenvalue weighted by Crippen LogP contribution is 2.45. The number of thiocarbonyl (C=S) groups is 1. The van der Waals surface area contributed by atoms with E-state index < -0.39 is 5.97 Å². The number of hydrogen-bond acceptors (Lipinski definition) is 5. The number of pyridine rings is 1. The van der Waals surface area contributed by atoms with Gasteiger partial charge in [-0.3, -0.25) is 9.78 Å². The third-order valence-electron chi connectivity index (χ3n) is 7.36. The molecule has 3 N–H and O–H groups in total. The number of aromatic carboxylic acids is 1. The molecule has 0 bridgehead atoms. The Morgan fingerprint density at radius 1 is 1.12 bits per heavy atom. The number of halogens is 1. The van der Waals surface area contributed by atoms with Gasteiger partial charge < -0.3 is 29.9 Å². The summed E-state index contributed by atoms with van der Waals surface area (Å²) in [6.07, 6.45) is 1.75. The molecule has 9 nitrogen and oxygen atoms in total. The standard InChI is InChI=1S/C31H30ClN5O4S/c1-17-8-9-20(30(39)40)14-26(17)36-18(2)13-22(19(36)3)29-28(25-7-5-6-12-33-25)35-31(42)37(29)21-10-11-24(23(32)15-21)34-27(38)16-41-4/h5-15,28-29H,16H2,1-4H3,(H,34,38)(H,35,42)(H,39,40)/t28-,29+/m1/s1. The van der Waals surface area contributed by atoms with Gasteiger partial charge in [0.05, 0.1) is 34.1 Å². The van der Waals surface area contributed by atoms with Gasteiger partial charge in [0.15, 0.2) is 5.11 Å². The molecule has 2 aromatic carbocycles. The molecule has 1 fully saturated rings. The van der Waals surface area contributed by atoms with Gasteiger partial charge in [0.1, 0.15) is 6.61 Å². The molecule has 42 heavy (non-hydrogen) atoms. The number of carboxylic acids is 1. The zero-order valence-corrected chi connectivity index (χ0v) is 25.1. The molecule has 3 heterocycles. The van der Waals surface area contributed by atoms with E-state index >= 15 is 0 Å². The van der Waals surface area contributed by atoms with Crippen molar-refractivity contribution >= 4 is 52.2 Å². The van der Waals surface area contributed by atoms with Gasteiger partial charge in [-0.2, -0.15) is 0 Å². The Labute approximate surface area is 254 Å². The average molecular weight is 604 g/mol. The summed E-state index contributed by atoms with van der Waals surface area (Å²) in [5.74, 6) is -1.29. The monoisotopic (exact) mass is 603 g/mol. The number of hydrogen-bond donors (Lipinski definition) is 3. The van der Waals surface area contributed by atoms with E-state index in [0.29, 0.717) is 15.8 Å². The Balaban J connectivity index is 1.63. The van der Waals surface area contributed by atoms with Gasteiger partial charge in [-0.1, -0.05) is 23.7 Å². The molecule has 1 saturated heterocycles. The first kappa shape index (κ1) is 29.2. The van der Waals surface area contributed by atoms with Gasteiger partial charge in [-0.15, -0.1) is 0 Å². The summed E-state index contributed by atoms with van der Waals surface area (Å²) < 4.78 is 6.98. The van der Waals surface area contributed by atoms with Crippen LogP contribution in [-0.4, -0.2) is 45.4 Å². The molecule has 1 aliphatic rings. The third kappa shape index (κ3) is 5.48. The number of carbonyl (C=O) groups excluding carboxylic acids is 1. The number of amides is 1. The Hall–Kier alpha value is -4.25. The highest BCUT2D eigenvalue weighted by molar-refractivity contribution is 7.80. The van der Waals surface area contributed by atoms with E-state index in [1.54, 1.807) is 30.5 Å². The van der Waals surface area contributed by atoms with Crippen molar-refractivity contribution in [1.29, 1.82) is 0 Å². The zero-order valence-electron chi connectivity index (χ0n) is 23.5. The van der Waals surface area contributed by atoms with Gasteiger partial charge in [0.25, 0.3) is 0 Å². The first-order valence-corrected chi connectivity index (χ1v) is 14.0. The summed E-state index contributed by atoms with van der Waals surface area (Å²) in [6.45, 7) is 5.89. The van der Waals surface area contributed by atoms with Crippen LogP contribution in [0.3, 0.4) is 0 Å². The largest absolute Gasteiger partial charge is 0.478 e. The van der Waals surface area contributed by atoms with Crippen molar-refractivity contribution in [3.63, 3.8) is 0 Å². The van der Waals surface area contributed by atoms with Gasteiger partial charge in [-0.05, 0) is 92.6 Å². The molecule has 0 radical (unpaired) electrons. The van der Waals surface area contributed by atoms with Crippen LogP contribution in [0.4, 0.5) is 11.4 Å². The molecule has 11 heteroatoms. The van der Waals surface area contributed by atoms with Crippen LogP contribution in [0.25, 0.3) is 5.69 Å². The minimum atomic E-state index is -0.982. The van der Waals surface area contributed by atoms with Gasteiger partial charge in [0.2, 0.25) is 5.91 Å². The fourth-order valence-corrected chi connectivity index (χ4v) is 6.03. The van der Waals surface area contributed by atoms with E-state index in [0.717, 1.165) is 39.6 Å². The molecular formula is C31H30ClN5O4S. The fraction of sp³-hybridized carbons (Fsp3) is 0.226. The smallest absolute Gasteiger partial charge is 0.335 e. The van der Waals surface area contributed by atoms with Crippen molar-refractivity contribution in [2.75, 3.05) is 23.9 Å².